The monoisotopic (exact) mass is 560 g/mol. The van der Waals surface area contributed by atoms with E-state index in [1.807, 2.05) is 61.0 Å². The van der Waals surface area contributed by atoms with Crippen molar-refractivity contribution in [3.8, 4) is 29.1 Å². The number of hydrogen-bond donors (Lipinski definition) is 1. The molecule has 0 spiro atoms. The predicted octanol–water partition coefficient (Wildman–Crippen LogP) is 4.19. The molecule has 2 aliphatic heterocycles. The maximum absolute atomic E-state index is 12.5. The number of nitrogens with zero attached hydrogens (tertiary/aromatic N) is 7. The number of imidazole rings is 1. The van der Waals surface area contributed by atoms with Gasteiger partial charge in [0.1, 0.15) is 29.9 Å². The molecule has 11 nitrogen and oxygen atoms in total. The van der Waals surface area contributed by atoms with Gasteiger partial charge >= 0.3 is 0 Å². The van der Waals surface area contributed by atoms with Crippen molar-refractivity contribution in [2.24, 2.45) is 7.05 Å². The number of aryl methyl sites for hydroxylation is 2. The Balaban J connectivity index is 1.14. The van der Waals surface area contributed by atoms with Crippen LogP contribution in [0.1, 0.15) is 12.5 Å². The highest BCUT2D eigenvalue weighted by Gasteiger charge is 2.35. The third-order valence-electron chi connectivity index (χ3n) is 7.63. The Morgan fingerprint density at radius 2 is 2.00 bits per heavy atom. The lowest BCUT2D eigenvalue weighted by molar-refractivity contribution is -0.128. The zero-order valence-corrected chi connectivity index (χ0v) is 23.5. The van der Waals surface area contributed by atoms with Crippen LogP contribution in [0.5, 0.6) is 17.2 Å². The van der Waals surface area contributed by atoms with Crippen LogP contribution in [0.3, 0.4) is 0 Å². The molecular weight excluding hydrogens is 532 g/mol. The summed E-state index contributed by atoms with van der Waals surface area (Å²) in [5, 5.41) is 3.41. The number of rotatable bonds is 4. The number of piperazine rings is 1. The number of amides is 1. The second-order valence-corrected chi connectivity index (χ2v) is 10.4. The van der Waals surface area contributed by atoms with Gasteiger partial charge in [0, 0.05) is 44.5 Å². The van der Waals surface area contributed by atoms with E-state index in [9.17, 15) is 4.79 Å². The van der Waals surface area contributed by atoms with Gasteiger partial charge in [-0.3, -0.25) is 4.79 Å². The van der Waals surface area contributed by atoms with Gasteiger partial charge in [-0.1, -0.05) is 5.92 Å². The standard InChI is InChI=1S/C31H28N8O3/c1-4-5-28(40)39-11-10-38-15-21(39)16-41-27-14-24-29(36-31(27)38)30(33-17-32-24)35-20-6-9-26(19(2)12-20)42-22-7-8-25-23(13-22)34-18-37(25)3/h6-9,12-14,17-18,21H,10-11,15-16H2,1-3H3,(H,32,33,35)/t21-/m1/s1. The van der Waals surface area contributed by atoms with Crippen molar-refractivity contribution < 1.29 is 14.3 Å². The number of aromatic nitrogens is 5. The Morgan fingerprint density at radius 3 is 2.86 bits per heavy atom. The molecule has 0 radical (unpaired) electrons. The van der Waals surface area contributed by atoms with Crippen LogP contribution in [0.2, 0.25) is 0 Å². The molecule has 1 saturated heterocycles. The summed E-state index contributed by atoms with van der Waals surface area (Å²) in [6.07, 6.45) is 3.30. The smallest absolute Gasteiger partial charge is 0.298 e. The fraction of sp³-hybridized carbons (Fsp3) is 0.258. The van der Waals surface area contributed by atoms with Crippen LogP contribution in [0.4, 0.5) is 17.3 Å². The van der Waals surface area contributed by atoms with Crippen LogP contribution in [0.15, 0.2) is 55.1 Å². The number of carbonyl (C=O) groups is 1. The maximum atomic E-state index is 12.5. The molecule has 42 heavy (non-hydrogen) atoms. The highest BCUT2D eigenvalue weighted by molar-refractivity contribution is 5.94. The minimum absolute atomic E-state index is 0.109. The molecule has 7 rings (SSSR count). The van der Waals surface area contributed by atoms with Gasteiger partial charge in [-0.15, -0.1) is 0 Å². The predicted molar refractivity (Wildman–Crippen MR) is 159 cm³/mol. The zero-order chi connectivity index (χ0) is 28.8. The lowest BCUT2D eigenvalue weighted by Gasteiger charge is -2.38. The number of pyridine rings is 1. The van der Waals surface area contributed by atoms with E-state index in [1.165, 1.54) is 6.33 Å². The summed E-state index contributed by atoms with van der Waals surface area (Å²) in [7, 11) is 1.97. The van der Waals surface area contributed by atoms with Crippen LogP contribution in [-0.4, -0.2) is 67.6 Å². The highest BCUT2D eigenvalue weighted by atomic mass is 16.5. The fourth-order valence-corrected chi connectivity index (χ4v) is 5.49. The van der Waals surface area contributed by atoms with Crippen LogP contribution < -0.4 is 19.7 Å². The topological polar surface area (TPSA) is 111 Å². The number of hydrogen-bond acceptors (Lipinski definition) is 9. The molecule has 1 fully saturated rings. The molecular formula is C31H28N8O3. The van der Waals surface area contributed by atoms with Crippen LogP contribution in [-0.2, 0) is 11.8 Å². The van der Waals surface area contributed by atoms with Gasteiger partial charge in [0.15, 0.2) is 17.4 Å². The SMILES string of the molecule is CC#CC(=O)N1CCN2C[C@@H]1COc1cc3ncnc(Nc4ccc(Oc5ccc6c(c5)ncn6C)c(C)c4)c3nc12. The van der Waals surface area contributed by atoms with Gasteiger partial charge in [0.2, 0.25) is 0 Å². The summed E-state index contributed by atoms with van der Waals surface area (Å²) in [6, 6.07) is 13.6. The van der Waals surface area contributed by atoms with Crippen LogP contribution in [0.25, 0.3) is 22.1 Å². The van der Waals surface area contributed by atoms with E-state index in [0.29, 0.717) is 48.8 Å². The van der Waals surface area contributed by atoms with Gasteiger partial charge in [-0.2, -0.15) is 0 Å². The molecule has 1 atom stereocenters. The normalized spacial score (nSPS) is 15.8. The molecule has 210 valence electrons. The first-order valence-electron chi connectivity index (χ1n) is 13.7. The molecule has 0 saturated carbocycles. The minimum atomic E-state index is -0.173. The first-order chi connectivity index (χ1) is 20.5. The van der Waals surface area contributed by atoms with E-state index in [-0.39, 0.29) is 11.9 Å². The van der Waals surface area contributed by atoms with Crippen molar-refractivity contribution in [1.29, 1.82) is 0 Å². The summed E-state index contributed by atoms with van der Waals surface area (Å²) >= 11 is 0. The van der Waals surface area contributed by atoms with Crippen LogP contribution in [0, 0.1) is 18.8 Å². The number of ether oxygens (including phenoxy) is 2. The van der Waals surface area contributed by atoms with E-state index < -0.39 is 0 Å². The van der Waals surface area contributed by atoms with Gasteiger partial charge in [-0.05, 0) is 55.7 Å². The van der Waals surface area contributed by atoms with Crippen molar-refractivity contribution in [3.05, 3.63) is 60.7 Å². The Kier molecular flexibility index (Phi) is 6.23. The summed E-state index contributed by atoms with van der Waals surface area (Å²) in [6.45, 7) is 5.84. The molecule has 2 aromatic carbocycles. The number of carbonyl (C=O) groups excluding carboxylic acids is 1. The Morgan fingerprint density at radius 1 is 1.10 bits per heavy atom. The first-order valence-corrected chi connectivity index (χ1v) is 13.7. The van der Waals surface area contributed by atoms with Gasteiger partial charge in [0.25, 0.3) is 5.91 Å². The average Bonchev–Trinajstić information content (AvgIpc) is 3.30. The van der Waals surface area contributed by atoms with E-state index in [0.717, 1.165) is 39.6 Å². The largest absolute Gasteiger partial charge is 0.487 e. The van der Waals surface area contributed by atoms with Crippen molar-refractivity contribution in [1.82, 2.24) is 29.4 Å². The number of fused-ring (bicyclic) bond motifs is 6. The fourth-order valence-electron chi connectivity index (χ4n) is 5.49. The second-order valence-electron chi connectivity index (χ2n) is 10.4. The second kappa shape index (κ2) is 10.2. The summed E-state index contributed by atoms with van der Waals surface area (Å²) < 4.78 is 14.3. The van der Waals surface area contributed by atoms with Crippen molar-refractivity contribution in [2.45, 2.75) is 19.9 Å². The molecule has 11 heteroatoms. The van der Waals surface area contributed by atoms with E-state index in [2.05, 4.69) is 37.0 Å². The lowest BCUT2D eigenvalue weighted by atomic mass is 10.1. The highest BCUT2D eigenvalue weighted by Crippen LogP contribution is 2.36. The molecule has 5 heterocycles. The summed E-state index contributed by atoms with van der Waals surface area (Å²) in [5.41, 5.74) is 5.03. The minimum Gasteiger partial charge on any atom is -0.487 e. The molecule has 2 aliphatic rings. The molecule has 3 aromatic heterocycles. The average molecular weight is 561 g/mol. The third kappa shape index (κ3) is 4.56. The van der Waals surface area contributed by atoms with Gasteiger partial charge in [-0.25, -0.2) is 19.9 Å². The van der Waals surface area contributed by atoms with Crippen molar-refractivity contribution in [2.75, 3.05) is 36.5 Å². The first kappa shape index (κ1) is 25.6. The molecule has 0 aliphatic carbocycles. The zero-order valence-electron chi connectivity index (χ0n) is 23.5. The molecule has 1 N–H and O–H groups in total. The van der Waals surface area contributed by atoms with Gasteiger partial charge in [0.05, 0.1) is 28.9 Å². The van der Waals surface area contributed by atoms with E-state index in [4.69, 9.17) is 14.5 Å². The quantitative estimate of drug-likeness (QED) is 0.324. The lowest BCUT2D eigenvalue weighted by Crippen LogP contribution is -2.56. The maximum Gasteiger partial charge on any atom is 0.298 e. The molecule has 0 unspecified atom stereocenters. The molecule has 5 aromatic rings. The third-order valence-corrected chi connectivity index (χ3v) is 7.63. The number of benzene rings is 2. The summed E-state index contributed by atoms with van der Waals surface area (Å²) in [5.74, 6) is 8.62. The molecule has 1 amide bonds. The van der Waals surface area contributed by atoms with Crippen molar-refractivity contribution in [3.63, 3.8) is 0 Å². The number of nitrogens with one attached hydrogen (secondary N) is 1. The van der Waals surface area contributed by atoms with E-state index in [1.54, 1.807) is 18.2 Å². The van der Waals surface area contributed by atoms with Crippen molar-refractivity contribution >= 4 is 45.3 Å². The Hall–Kier alpha value is -5.37. The molecule has 2 bridgehead atoms. The van der Waals surface area contributed by atoms with Crippen LogP contribution >= 0.6 is 0 Å². The summed E-state index contributed by atoms with van der Waals surface area (Å²) in [4.78, 5) is 34.8. The van der Waals surface area contributed by atoms with E-state index >= 15 is 0 Å². The number of anilines is 3. The van der Waals surface area contributed by atoms with Gasteiger partial charge < -0.3 is 29.2 Å². The Labute approximate surface area is 242 Å². The Bertz CT molecular complexity index is 1920.